The summed E-state index contributed by atoms with van der Waals surface area (Å²) >= 11 is 0. The van der Waals surface area contributed by atoms with E-state index in [1.807, 2.05) is 32.0 Å². The van der Waals surface area contributed by atoms with Crippen molar-refractivity contribution < 1.29 is 43.0 Å². The van der Waals surface area contributed by atoms with Gasteiger partial charge in [0.1, 0.15) is 0 Å². The van der Waals surface area contributed by atoms with Gasteiger partial charge in [-0.25, -0.2) is 22.0 Å². The first-order valence-electron chi connectivity index (χ1n) is 10.8. The van der Waals surface area contributed by atoms with Crippen LogP contribution in [0.15, 0.2) is 67.1 Å². The van der Waals surface area contributed by atoms with Crippen molar-refractivity contribution in [3.05, 3.63) is 120 Å². The SMILES string of the molecule is CC(C)(c1[c-]cccc1)c1ccn(-c2[c-]c(-n3cccn3)cc(-c3c(F)c(F)c(F)c(F)c3F)c2)n1.[Pt+2]. The molecule has 0 saturated heterocycles. The second-order valence-corrected chi connectivity index (χ2v) is 8.58. The molecule has 0 saturated carbocycles. The van der Waals surface area contributed by atoms with Crippen LogP contribution < -0.4 is 0 Å². The molecule has 0 fully saturated rings. The molecular formula is C27H17F5N4Pt. The average Bonchev–Trinajstić information content (AvgIpc) is 3.60. The van der Waals surface area contributed by atoms with Gasteiger partial charge in [0.25, 0.3) is 0 Å². The largest absolute Gasteiger partial charge is 2.00 e. The van der Waals surface area contributed by atoms with E-state index in [1.165, 1.54) is 27.7 Å². The Morgan fingerprint density at radius 3 is 2.03 bits per heavy atom. The summed E-state index contributed by atoms with van der Waals surface area (Å²) < 4.78 is 73.7. The van der Waals surface area contributed by atoms with Gasteiger partial charge in [-0.2, -0.15) is 46.1 Å². The monoisotopic (exact) mass is 687 g/mol. The fraction of sp³-hybridized carbons (Fsp3) is 0.111. The maximum atomic E-state index is 14.7. The molecular weight excluding hydrogens is 670 g/mol. The van der Waals surface area contributed by atoms with Gasteiger partial charge in [0.05, 0.1) is 5.69 Å². The van der Waals surface area contributed by atoms with E-state index in [4.69, 9.17) is 0 Å². The van der Waals surface area contributed by atoms with E-state index in [9.17, 15) is 22.0 Å². The molecule has 0 N–H and O–H groups in total. The van der Waals surface area contributed by atoms with E-state index in [2.05, 4.69) is 22.3 Å². The molecule has 5 rings (SSSR count). The Hall–Kier alpha value is -3.58. The van der Waals surface area contributed by atoms with E-state index < -0.39 is 40.1 Å². The van der Waals surface area contributed by atoms with Crippen LogP contribution in [0.5, 0.6) is 0 Å². The number of benzene rings is 3. The van der Waals surface area contributed by atoms with Crippen LogP contribution in [0.4, 0.5) is 22.0 Å². The number of rotatable bonds is 5. The van der Waals surface area contributed by atoms with Crippen LogP contribution in [-0.4, -0.2) is 19.6 Å². The van der Waals surface area contributed by atoms with Crippen LogP contribution in [-0.2, 0) is 26.5 Å². The third-order valence-electron chi connectivity index (χ3n) is 5.95. The molecule has 3 aromatic carbocycles. The molecule has 10 heteroatoms. The number of nitrogens with zero attached hydrogens (tertiary/aromatic N) is 4. The molecule has 0 unspecified atom stereocenters. The van der Waals surface area contributed by atoms with Crippen LogP contribution in [0.2, 0.25) is 0 Å². The van der Waals surface area contributed by atoms with E-state index >= 15 is 0 Å². The fourth-order valence-electron chi connectivity index (χ4n) is 3.91. The quantitative estimate of drug-likeness (QED) is 0.0936. The molecule has 0 aliphatic carbocycles. The predicted molar refractivity (Wildman–Crippen MR) is 122 cm³/mol. The predicted octanol–water partition coefficient (Wildman–Crippen LogP) is 6.34. The molecule has 0 radical (unpaired) electrons. The average molecular weight is 688 g/mol. The van der Waals surface area contributed by atoms with Gasteiger partial charge >= 0.3 is 21.1 Å². The molecule has 0 atom stereocenters. The molecule has 37 heavy (non-hydrogen) atoms. The van der Waals surface area contributed by atoms with Crippen LogP contribution in [0.25, 0.3) is 22.5 Å². The maximum Gasteiger partial charge on any atom is 2.00 e. The molecule has 0 aliphatic rings. The van der Waals surface area contributed by atoms with Crippen LogP contribution in [0, 0.1) is 41.2 Å². The minimum atomic E-state index is -2.22. The Kier molecular flexibility index (Phi) is 7.20. The number of aromatic nitrogens is 4. The molecule has 2 aromatic heterocycles. The van der Waals surface area contributed by atoms with Gasteiger partial charge in [-0.15, -0.1) is 23.8 Å². The van der Waals surface area contributed by atoms with Crippen LogP contribution in [0.3, 0.4) is 0 Å². The summed E-state index contributed by atoms with van der Waals surface area (Å²) in [6.07, 6.45) is 4.66. The van der Waals surface area contributed by atoms with Gasteiger partial charge in [-0.1, -0.05) is 13.8 Å². The third-order valence-corrected chi connectivity index (χ3v) is 5.95. The molecule has 4 nitrogen and oxygen atoms in total. The van der Waals surface area contributed by atoms with Crippen LogP contribution >= 0.6 is 0 Å². The van der Waals surface area contributed by atoms with E-state index in [-0.39, 0.29) is 38.0 Å². The van der Waals surface area contributed by atoms with Gasteiger partial charge in [0.2, 0.25) is 5.82 Å². The molecule has 0 spiro atoms. The minimum absolute atomic E-state index is 0. The summed E-state index contributed by atoms with van der Waals surface area (Å²) in [5.74, 6) is -10.1. The minimum Gasteiger partial charge on any atom is -0.266 e. The standard InChI is InChI=1S/C27H17F5N4.Pt/c1-27(2,17-7-4-3-5-8-17)20-9-12-36(34-20)19-14-16(13-18(15-19)35-11-6-10-33-35)21-22(28)24(30)26(32)25(31)23(21)29;/h3-7,9-14H,1-2H3;/q-2;+2. The maximum absolute atomic E-state index is 14.7. The molecule has 0 amide bonds. The second kappa shape index (κ2) is 10.1. The van der Waals surface area contributed by atoms with Gasteiger partial charge in [-0.05, 0) is 23.5 Å². The number of halogens is 5. The Balaban J connectivity index is 0.00000320. The zero-order chi connectivity index (χ0) is 25.6. The smallest absolute Gasteiger partial charge is 0.266 e. The topological polar surface area (TPSA) is 35.6 Å². The van der Waals surface area contributed by atoms with Crippen molar-refractivity contribution in [2.75, 3.05) is 0 Å². The van der Waals surface area contributed by atoms with Gasteiger partial charge in [-0.3, -0.25) is 9.36 Å². The van der Waals surface area contributed by atoms with Crippen molar-refractivity contribution in [2.45, 2.75) is 19.3 Å². The van der Waals surface area contributed by atoms with Crippen molar-refractivity contribution in [1.29, 1.82) is 0 Å². The first-order valence-corrected chi connectivity index (χ1v) is 10.8. The summed E-state index contributed by atoms with van der Waals surface area (Å²) in [4.78, 5) is 0. The summed E-state index contributed by atoms with van der Waals surface area (Å²) in [5.41, 5.74) is 0.143. The third kappa shape index (κ3) is 4.64. The Labute approximate surface area is 223 Å². The first kappa shape index (κ1) is 26.5. The van der Waals surface area contributed by atoms with Gasteiger partial charge in [0.15, 0.2) is 23.3 Å². The first-order chi connectivity index (χ1) is 17.2. The number of hydrogen-bond donors (Lipinski definition) is 0. The fourth-order valence-corrected chi connectivity index (χ4v) is 3.91. The normalized spacial score (nSPS) is 11.4. The second-order valence-electron chi connectivity index (χ2n) is 8.58. The molecule has 190 valence electrons. The van der Waals surface area contributed by atoms with Gasteiger partial charge < -0.3 is 0 Å². The van der Waals surface area contributed by atoms with Crippen molar-refractivity contribution in [1.82, 2.24) is 19.6 Å². The summed E-state index contributed by atoms with van der Waals surface area (Å²) in [6, 6.07) is 19.6. The Bertz CT molecular complexity index is 1530. The van der Waals surface area contributed by atoms with Crippen molar-refractivity contribution in [3.63, 3.8) is 0 Å². The van der Waals surface area contributed by atoms with Crippen molar-refractivity contribution in [3.8, 4) is 22.5 Å². The molecule has 0 bridgehead atoms. The molecule has 5 aromatic rings. The summed E-state index contributed by atoms with van der Waals surface area (Å²) in [5, 5.41) is 8.71. The van der Waals surface area contributed by atoms with Crippen molar-refractivity contribution >= 4 is 0 Å². The van der Waals surface area contributed by atoms with E-state index in [0.29, 0.717) is 5.69 Å². The number of hydrogen-bond acceptors (Lipinski definition) is 2. The molecule has 2 heterocycles. The van der Waals surface area contributed by atoms with Crippen LogP contribution in [0.1, 0.15) is 25.1 Å². The van der Waals surface area contributed by atoms with E-state index in [1.54, 1.807) is 30.6 Å². The zero-order valence-electron chi connectivity index (χ0n) is 19.3. The Morgan fingerprint density at radius 2 is 1.43 bits per heavy atom. The summed E-state index contributed by atoms with van der Waals surface area (Å²) in [6.45, 7) is 3.94. The molecule has 0 aliphatic heterocycles. The van der Waals surface area contributed by atoms with E-state index in [0.717, 1.165) is 5.56 Å². The van der Waals surface area contributed by atoms with Crippen molar-refractivity contribution in [2.24, 2.45) is 0 Å². The Morgan fingerprint density at radius 1 is 0.784 bits per heavy atom. The summed E-state index contributed by atoms with van der Waals surface area (Å²) in [7, 11) is 0. The zero-order valence-corrected chi connectivity index (χ0v) is 21.6. The van der Waals surface area contributed by atoms with Gasteiger partial charge in [0, 0.05) is 29.6 Å².